The second kappa shape index (κ2) is 5.39. The number of hydrogen-bond acceptors (Lipinski definition) is 3. The summed E-state index contributed by atoms with van der Waals surface area (Å²) in [7, 11) is 0. The Kier molecular flexibility index (Phi) is 4.41. The maximum Gasteiger partial charge on any atom is 0.329 e. The maximum absolute atomic E-state index is 11.5. The van der Waals surface area contributed by atoms with Crippen LogP contribution in [0.4, 0.5) is 0 Å². The van der Waals surface area contributed by atoms with Gasteiger partial charge in [0.05, 0.1) is 20.6 Å². The molecule has 0 saturated carbocycles. The maximum atomic E-state index is 11.5. The van der Waals surface area contributed by atoms with Gasteiger partial charge in [-0.05, 0) is 12.1 Å². The van der Waals surface area contributed by atoms with Gasteiger partial charge in [-0.2, -0.15) is 5.48 Å². The second-order valence-corrected chi connectivity index (χ2v) is 3.94. The number of carbonyl (C=O) groups is 2. The van der Waals surface area contributed by atoms with Crippen molar-refractivity contribution in [3.05, 3.63) is 32.8 Å². The number of carbonyl (C=O) groups excluding carboxylic acids is 2. The molecule has 7 heteroatoms. The summed E-state index contributed by atoms with van der Waals surface area (Å²) in [5.41, 5.74) is 1.85. The Balaban J connectivity index is 2.99. The van der Waals surface area contributed by atoms with E-state index in [4.69, 9.17) is 34.8 Å². The fraction of sp³-hybridized carbons (Fsp3) is 0.111. The van der Waals surface area contributed by atoms with Gasteiger partial charge in [-0.1, -0.05) is 34.8 Å². The fourth-order valence-corrected chi connectivity index (χ4v) is 1.60. The Morgan fingerprint density at radius 3 is 2.31 bits per heavy atom. The van der Waals surface area contributed by atoms with Crippen molar-refractivity contribution < 1.29 is 14.4 Å². The van der Waals surface area contributed by atoms with Gasteiger partial charge in [0.1, 0.15) is 0 Å². The van der Waals surface area contributed by atoms with E-state index in [0.717, 1.165) is 6.92 Å². The van der Waals surface area contributed by atoms with Crippen molar-refractivity contribution in [2.75, 3.05) is 0 Å². The number of nitrogens with one attached hydrogen (secondary N) is 1. The van der Waals surface area contributed by atoms with E-state index in [2.05, 4.69) is 4.84 Å². The molecular weight excluding hydrogens is 276 g/mol. The third-order valence-electron chi connectivity index (χ3n) is 1.56. The SMILES string of the molecule is CC(=O)ONC(=O)c1c(Cl)ccc(Cl)c1Cl. The van der Waals surface area contributed by atoms with E-state index in [1.807, 2.05) is 5.48 Å². The van der Waals surface area contributed by atoms with Crippen molar-refractivity contribution in [3.8, 4) is 0 Å². The molecule has 0 heterocycles. The van der Waals surface area contributed by atoms with Gasteiger partial charge in [-0.3, -0.25) is 9.59 Å². The molecule has 0 bridgehead atoms. The summed E-state index contributed by atoms with van der Waals surface area (Å²) in [6, 6.07) is 2.87. The van der Waals surface area contributed by atoms with Crippen molar-refractivity contribution in [3.63, 3.8) is 0 Å². The van der Waals surface area contributed by atoms with E-state index >= 15 is 0 Å². The Bertz CT molecular complexity index is 448. The van der Waals surface area contributed by atoms with Crippen LogP contribution in [0.5, 0.6) is 0 Å². The molecule has 0 aromatic heterocycles. The van der Waals surface area contributed by atoms with E-state index in [1.165, 1.54) is 12.1 Å². The van der Waals surface area contributed by atoms with Crippen LogP contribution >= 0.6 is 34.8 Å². The van der Waals surface area contributed by atoms with Gasteiger partial charge >= 0.3 is 5.97 Å². The van der Waals surface area contributed by atoms with Crippen LogP contribution in [0.2, 0.25) is 15.1 Å². The smallest absolute Gasteiger partial charge is 0.329 e. The van der Waals surface area contributed by atoms with Crippen LogP contribution < -0.4 is 5.48 Å². The molecule has 0 aliphatic heterocycles. The molecule has 0 fully saturated rings. The molecule has 0 aliphatic rings. The average Bonchev–Trinajstić information content (AvgIpc) is 2.21. The van der Waals surface area contributed by atoms with E-state index in [1.54, 1.807) is 0 Å². The molecule has 0 atom stereocenters. The van der Waals surface area contributed by atoms with E-state index < -0.39 is 11.9 Å². The lowest BCUT2D eigenvalue weighted by molar-refractivity contribution is -0.146. The lowest BCUT2D eigenvalue weighted by Gasteiger charge is -2.08. The zero-order valence-electron chi connectivity index (χ0n) is 8.01. The average molecular weight is 283 g/mol. The predicted molar refractivity (Wildman–Crippen MR) is 60.7 cm³/mol. The number of halogens is 3. The van der Waals surface area contributed by atoms with Crippen LogP contribution in [0, 0.1) is 0 Å². The Hall–Kier alpha value is -0.970. The first-order valence-corrected chi connectivity index (χ1v) is 5.18. The Morgan fingerprint density at radius 1 is 1.19 bits per heavy atom. The van der Waals surface area contributed by atoms with Gasteiger partial charge in [-0.25, -0.2) is 0 Å². The summed E-state index contributed by atoms with van der Waals surface area (Å²) in [6.07, 6.45) is 0. The minimum atomic E-state index is -0.743. The minimum absolute atomic E-state index is 0.00109. The highest BCUT2D eigenvalue weighted by atomic mass is 35.5. The van der Waals surface area contributed by atoms with Crippen LogP contribution in [-0.4, -0.2) is 11.9 Å². The third kappa shape index (κ3) is 3.01. The lowest BCUT2D eigenvalue weighted by atomic mass is 10.2. The van der Waals surface area contributed by atoms with Crippen molar-refractivity contribution >= 4 is 46.7 Å². The zero-order valence-corrected chi connectivity index (χ0v) is 10.3. The number of rotatable bonds is 1. The Labute approximate surface area is 106 Å². The van der Waals surface area contributed by atoms with Crippen LogP contribution in [0.15, 0.2) is 12.1 Å². The molecule has 0 radical (unpaired) electrons. The first kappa shape index (κ1) is 13.1. The Morgan fingerprint density at radius 2 is 1.75 bits per heavy atom. The van der Waals surface area contributed by atoms with Crippen molar-refractivity contribution in [1.82, 2.24) is 5.48 Å². The molecule has 0 unspecified atom stereocenters. The predicted octanol–water partition coefficient (Wildman–Crippen LogP) is 2.85. The van der Waals surface area contributed by atoms with Crippen LogP contribution in [0.25, 0.3) is 0 Å². The number of amides is 1. The number of benzene rings is 1. The highest BCUT2D eigenvalue weighted by Crippen LogP contribution is 2.31. The van der Waals surface area contributed by atoms with Crippen LogP contribution in [0.1, 0.15) is 17.3 Å². The van der Waals surface area contributed by atoms with Gasteiger partial charge in [0.2, 0.25) is 0 Å². The molecule has 86 valence electrons. The van der Waals surface area contributed by atoms with Crippen molar-refractivity contribution in [2.24, 2.45) is 0 Å². The van der Waals surface area contributed by atoms with Gasteiger partial charge in [0.15, 0.2) is 0 Å². The first-order valence-electron chi connectivity index (χ1n) is 4.04. The minimum Gasteiger partial charge on any atom is -0.341 e. The molecule has 0 aliphatic carbocycles. The zero-order chi connectivity index (χ0) is 12.3. The molecule has 1 aromatic rings. The molecule has 0 spiro atoms. The molecular formula is C9H6Cl3NO3. The van der Waals surface area contributed by atoms with E-state index in [-0.39, 0.29) is 20.6 Å². The summed E-state index contributed by atoms with van der Waals surface area (Å²) in [6.45, 7) is 1.14. The molecule has 4 nitrogen and oxygen atoms in total. The van der Waals surface area contributed by atoms with Crippen molar-refractivity contribution in [1.29, 1.82) is 0 Å². The van der Waals surface area contributed by atoms with E-state index in [9.17, 15) is 9.59 Å². The van der Waals surface area contributed by atoms with Gasteiger partial charge < -0.3 is 4.84 Å². The molecule has 16 heavy (non-hydrogen) atoms. The van der Waals surface area contributed by atoms with E-state index in [0.29, 0.717) is 0 Å². The van der Waals surface area contributed by atoms with Crippen LogP contribution in [-0.2, 0) is 9.63 Å². The summed E-state index contributed by atoms with van der Waals surface area (Å²) in [5, 5.41) is 0.289. The summed E-state index contributed by atoms with van der Waals surface area (Å²) in [5.74, 6) is -1.41. The molecule has 1 aromatic carbocycles. The highest BCUT2D eigenvalue weighted by molar-refractivity contribution is 6.46. The molecule has 1 N–H and O–H groups in total. The van der Waals surface area contributed by atoms with Gasteiger partial charge in [0, 0.05) is 6.92 Å². The monoisotopic (exact) mass is 281 g/mol. The number of hydroxylamine groups is 1. The number of hydrogen-bond donors (Lipinski definition) is 1. The van der Waals surface area contributed by atoms with Gasteiger partial charge in [0.25, 0.3) is 5.91 Å². The van der Waals surface area contributed by atoms with Crippen LogP contribution in [0.3, 0.4) is 0 Å². The molecule has 1 amide bonds. The van der Waals surface area contributed by atoms with Crippen molar-refractivity contribution in [2.45, 2.75) is 6.92 Å². The normalized spacial score (nSPS) is 9.75. The molecule has 1 rings (SSSR count). The lowest BCUT2D eigenvalue weighted by Crippen LogP contribution is -2.26. The van der Waals surface area contributed by atoms with Gasteiger partial charge in [-0.15, -0.1) is 0 Å². The standard InChI is InChI=1S/C9H6Cl3NO3/c1-4(14)16-13-9(15)7-5(10)2-3-6(11)8(7)12/h2-3H,1H3,(H,13,15). The quantitative estimate of drug-likeness (QED) is 0.636. The summed E-state index contributed by atoms with van der Waals surface area (Å²) >= 11 is 17.3. The topological polar surface area (TPSA) is 55.4 Å². The fourth-order valence-electron chi connectivity index (χ4n) is 0.904. The highest BCUT2D eigenvalue weighted by Gasteiger charge is 2.17. The summed E-state index contributed by atoms with van der Waals surface area (Å²) < 4.78 is 0. The molecule has 0 saturated heterocycles. The third-order valence-corrected chi connectivity index (χ3v) is 2.68. The summed E-state index contributed by atoms with van der Waals surface area (Å²) in [4.78, 5) is 26.3. The second-order valence-electron chi connectivity index (χ2n) is 2.74. The first-order chi connectivity index (χ1) is 7.43. The largest absolute Gasteiger partial charge is 0.341 e.